The second-order valence-corrected chi connectivity index (χ2v) is 7.12. The Morgan fingerprint density at radius 3 is 2.70 bits per heavy atom. The molecule has 0 amide bonds. The maximum atomic E-state index is 6.34. The first-order valence-electron chi connectivity index (χ1n) is 8.13. The predicted molar refractivity (Wildman–Crippen MR) is 92.8 cm³/mol. The Kier molecular flexibility index (Phi) is 3.74. The van der Waals surface area contributed by atoms with Crippen LogP contribution in [0.25, 0.3) is 0 Å². The summed E-state index contributed by atoms with van der Waals surface area (Å²) in [6, 6.07) is 11.3. The van der Waals surface area contributed by atoms with Gasteiger partial charge >= 0.3 is 0 Å². The summed E-state index contributed by atoms with van der Waals surface area (Å²) < 4.78 is 0. The third-order valence-electron chi connectivity index (χ3n) is 5.18. The van der Waals surface area contributed by atoms with Crippen molar-refractivity contribution in [2.45, 2.75) is 13.0 Å². The van der Waals surface area contributed by atoms with Crippen LogP contribution in [0.15, 0.2) is 36.5 Å². The van der Waals surface area contributed by atoms with E-state index < -0.39 is 0 Å². The molecule has 1 aromatic carbocycles. The second kappa shape index (κ2) is 5.77. The monoisotopic (exact) mass is 328 g/mol. The number of likely N-dealkylation sites (tertiary alicyclic amines) is 1. The topological polar surface area (TPSA) is 32.3 Å². The Hall–Kier alpha value is -1.65. The van der Waals surface area contributed by atoms with E-state index in [4.69, 9.17) is 11.6 Å². The summed E-state index contributed by atoms with van der Waals surface area (Å²) in [6.07, 6.45) is 1.72. The predicted octanol–water partition coefficient (Wildman–Crippen LogP) is 3.18. The molecule has 0 N–H and O–H groups in total. The van der Waals surface area contributed by atoms with Crippen molar-refractivity contribution in [2.24, 2.45) is 11.8 Å². The number of hydrogen-bond acceptors (Lipinski definition) is 4. The average molecular weight is 329 g/mol. The molecule has 3 heterocycles. The first-order chi connectivity index (χ1) is 11.1. The van der Waals surface area contributed by atoms with Crippen molar-refractivity contribution in [3.05, 3.63) is 52.9 Å². The molecule has 0 bridgehead atoms. The van der Waals surface area contributed by atoms with Gasteiger partial charge in [0.15, 0.2) is 5.82 Å². The fourth-order valence-corrected chi connectivity index (χ4v) is 4.46. The van der Waals surface area contributed by atoms with Gasteiger partial charge in [0.1, 0.15) is 10.8 Å². The number of aromatic nitrogens is 2. The maximum Gasteiger partial charge on any atom is 0.151 e. The molecule has 2 saturated heterocycles. The van der Waals surface area contributed by atoms with Crippen LogP contribution in [-0.4, -0.2) is 41.5 Å². The molecule has 0 radical (unpaired) electrons. The highest BCUT2D eigenvalue weighted by Gasteiger charge is 2.46. The molecule has 2 aromatic rings. The minimum absolute atomic E-state index is 0.480. The minimum Gasteiger partial charge on any atom is -0.355 e. The van der Waals surface area contributed by atoms with Gasteiger partial charge in [0.2, 0.25) is 0 Å². The number of halogens is 1. The molecule has 0 saturated carbocycles. The summed E-state index contributed by atoms with van der Waals surface area (Å²) in [5.41, 5.74) is 1.41. The Morgan fingerprint density at radius 1 is 1.13 bits per heavy atom. The van der Waals surface area contributed by atoms with E-state index in [1.807, 2.05) is 6.92 Å². The molecule has 0 aliphatic carbocycles. The highest BCUT2D eigenvalue weighted by atomic mass is 35.5. The fraction of sp³-hybridized carbons (Fsp3) is 0.444. The average Bonchev–Trinajstić information content (AvgIpc) is 3.07. The van der Waals surface area contributed by atoms with Crippen LogP contribution >= 0.6 is 11.6 Å². The molecule has 120 valence electrons. The van der Waals surface area contributed by atoms with Crippen molar-refractivity contribution >= 4 is 17.4 Å². The largest absolute Gasteiger partial charge is 0.355 e. The summed E-state index contributed by atoms with van der Waals surface area (Å²) in [6.45, 7) is 5.07. The molecule has 3 atom stereocenters. The number of rotatable bonds is 2. The molecule has 1 aromatic heterocycles. The zero-order valence-electron chi connectivity index (χ0n) is 13.5. The lowest BCUT2D eigenvalue weighted by Crippen LogP contribution is -2.29. The molecule has 4 nitrogen and oxygen atoms in total. The summed E-state index contributed by atoms with van der Waals surface area (Å²) in [5.74, 6) is 2.95. The quantitative estimate of drug-likeness (QED) is 0.847. The Morgan fingerprint density at radius 2 is 1.91 bits per heavy atom. The summed E-state index contributed by atoms with van der Waals surface area (Å²) in [7, 11) is 2.24. The van der Waals surface area contributed by atoms with E-state index in [-0.39, 0.29) is 0 Å². The Bertz CT molecular complexity index is 705. The molecule has 0 unspecified atom stereocenters. The highest BCUT2D eigenvalue weighted by Crippen LogP contribution is 2.45. The van der Waals surface area contributed by atoms with E-state index in [1.54, 1.807) is 6.20 Å². The molecule has 4 rings (SSSR count). The molecular weight excluding hydrogens is 308 g/mol. The van der Waals surface area contributed by atoms with Crippen LogP contribution in [0, 0.1) is 18.8 Å². The lowest BCUT2D eigenvalue weighted by Gasteiger charge is -2.27. The zero-order valence-corrected chi connectivity index (χ0v) is 14.2. The minimum atomic E-state index is 0.480. The highest BCUT2D eigenvalue weighted by molar-refractivity contribution is 6.32. The number of fused-ring (bicyclic) bond motifs is 1. The molecular formula is C18H21ClN4. The first kappa shape index (κ1) is 14.9. The third-order valence-corrected chi connectivity index (χ3v) is 5.45. The summed E-state index contributed by atoms with van der Waals surface area (Å²) in [4.78, 5) is 13.6. The van der Waals surface area contributed by atoms with Gasteiger partial charge in [0.05, 0.1) is 6.20 Å². The Labute approximate surface area is 142 Å². The van der Waals surface area contributed by atoms with E-state index in [9.17, 15) is 0 Å². The molecule has 23 heavy (non-hydrogen) atoms. The second-order valence-electron chi connectivity index (χ2n) is 6.71. The van der Waals surface area contributed by atoms with E-state index >= 15 is 0 Å². The molecule has 5 heteroatoms. The van der Waals surface area contributed by atoms with Crippen LogP contribution < -0.4 is 4.90 Å². The van der Waals surface area contributed by atoms with Gasteiger partial charge in [-0.15, -0.1) is 0 Å². The van der Waals surface area contributed by atoms with Crippen LogP contribution in [0.1, 0.15) is 17.4 Å². The van der Waals surface area contributed by atoms with Crippen molar-refractivity contribution in [1.29, 1.82) is 0 Å². The number of anilines is 1. The van der Waals surface area contributed by atoms with Crippen molar-refractivity contribution < 1.29 is 0 Å². The van der Waals surface area contributed by atoms with Gasteiger partial charge in [-0.05, 0) is 25.5 Å². The van der Waals surface area contributed by atoms with Crippen LogP contribution in [0.2, 0.25) is 5.02 Å². The standard InChI is InChI=1S/C18H21ClN4/c1-12-20-8-16(19)18(21-12)23-10-14-9-22(2)17(15(14)11-23)13-6-4-3-5-7-13/h3-8,14-15,17H,9-11H2,1-2H3/t14-,15+,17-/m0/s1. The van der Waals surface area contributed by atoms with Crippen LogP contribution in [0.4, 0.5) is 5.82 Å². The van der Waals surface area contributed by atoms with Gasteiger partial charge < -0.3 is 4.90 Å². The van der Waals surface area contributed by atoms with Gasteiger partial charge in [-0.2, -0.15) is 0 Å². The van der Waals surface area contributed by atoms with Crippen molar-refractivity contribution in [2.75, 3.05) is 31.6 Å². The zero-order chi connectivity index (χ0) is 16.0. The van der Waals surface area contributed by atoms with Crippen molar-refractivity contribution in [3.63, 3.8) is 0 Å². The van der Waals surface area contributed by atoms with Crippen LogP contribution in [0.3, 0.4) is 0 Å². The number of nitrogens with zero attached hydrogens (tertiary/aromatic N) is 4. The Balaban J connectivity index is 1.61. The van der Waals surface area contributed by atoms with Crippen LogP contribution in [0.5, 0.6) is 0 Å². The molecule has 2 fully saturated rings. The summed E-state index contributed by atoms with van der Waals surface area (Å²) >= 11 is 6.34. The summed E-state index contributed by atoms with van der Waals surface area (Å²) in [5, 5.41) is 0.653. The fourth-order valence-electron chi connectivity index (χ4n) is 4.25. The SMILES string of the molecule is Cc1ncc(Cl)c(N2C[C@@H]3CN(C)[C@@H](c4ccccc4)[C@@H]3C2)n1. The third kappa shape index (κ3) is 2.60. The van der Waals surface area contributed by atoms with Gasteiger partial charge in [-0.25, -0.2) is 9.97 Å². The van der Waals surface area contributed by atoms with E-state index in [2.05, 4.69) is 57.1 Å². The number of aryl methyl sites for hydroxylation is 1. The first-order valence-corrected chi connectivity index (χ1v) is 8.50. The van der Waals surface area contributed by atoms with Gasteiger partial charge in [0.25, 0.3) is 0 Å². The van der Waals surface area contributed by atoms with Crippen molar-refractivity contribution in [1.82, 2.24) is 14.9 Å². The lowest BCUT2D eigenvalue weighted by molar-refractivity contribution is 0.279. The normalized spacial score (nSPS) is 27.4. The van der Waals surface area contributed by atoms with Crippen LogP contribution in [-0.2, 0) is 0 Å². The van der Waals surface area contributed by atoms with Gasteiger partial charge in [-0.3, -0.25) is 4.90 Å². The van der Waals surface area contributed by atoms with E-state index in [0.717, 1.165) is 31.3 Å². The van der Waals surface area contributed by atoms with E-state index in [1.165, 1.54) is 5.56 Å². The smallest absolute Gasteiger partial charge is 0.151 e. The van der Waals surface area contributed by atoms with Crippen molar-refractivity contribution in [3.8, 4) is 0 Å². The molecule has 0 spiro atoms. The molecule has 2 aliphatic rings. The van der Waals surface area contributed by atoms with Gasteiger partial charge in [0, 0.05) is 31.6 Å². The number of hydrogen-bond donors (Lipinski definition) is 0. The molecule has 2 aliphatic heterocycles. The van der Waals surface area contributed by atoms with E-state index in [0.29, 0.717) is 22.9 Å². The van der Waals surface area contributed by atoms with Gasteiger partial charge in [-0.1, -0.05) is 41.9 Å². The number of benzene rings is 1. The maximum absolute atomic E-state index is 6.34. The lowest BCUT2D eigenvalue weighted by atomic mass is 9.90.